The Morgan fingerprint density at radius 3 is 2.66 bits per heavy atom. The molecule has 0 unspecified atom stereocenters. The first-order valence-electron chi connectivity index (χ1n) is 11.9. The molecule has 2 aliphatic rings. The van der Waals surface area contributed by atoms with E-state index >= 15 is 4.39 Å². The van der Waals surface area contributed by atoms with Gasteiger partial charge in [0.15, 0.2) is 5.82 Å². The molecule has 192 valence electrons. The van der Waals surface area contributed by atoms with Crippen LogP contribution in [0.3, 0.4) is 0 Å². The summed E-state index contributed by atoms with van der Waals surface area (Å²) in [6.45, 7) is 4.22. The van der Waals surface area contributed by atoms with E-state index < -0.39 is 24.8 Å². The fraction of sp³-hybridized carbons (Fsp3) is 0.259. The number of allylic oxidation sites excluding steroid dienone is 3. The van der Waals surface area contributed by atoms with Crippen molar-refractivity contribution in [3.63, 3.8) is 0 Å². The predicted octanol–water partition coefficient (Wildman–Crippen LogP) is 5.40. The highest BCUT2D eigenvalue weighted by atomic mass is 35.5. The number of hydrogen-bond donors (Lipinski definition) is 1. The van der Waals surface area contributed by atoms with Crippen molar-refractivity contribution < 1.29 is 18.1 Å². The molecular weight excluding hydrogens is 531 g/mol. The summed E-state index contributed by atoms with van der Waals surface area (Å²) >= 11 is 6.60. The van der Waals surface area contributed by atoms with E-state index in [1.165, 1.54) is 24.3 Å². The Morgan fingerprint density at radius 1 is 1.21 bits per heavy atom. The number of pyridine rings is 2. The SMILES string of the molecule is Cc1nc2cc(F)c(C3=C=[N+]=C(P4(=O)CCOCC4)C=C3)nc2c(N[C@H](C)c2cc(C#N)ccc2F)c1Cl. The standard InChI is InChI=1S/C27H22ClF2N5O2P/c1-15(19-11-17(13-31)3-5-20(19)29)34-27-24(28)16(2)33-22-12-21(30)25(35-26(22)27)18-4-6-23(32-14-18)38(36)9-7-37-8-10-38/h3-6,11-12,15H,7-10H2,1-2H3,(H,33,34)/q+1/t15-/m1/s1. The minimum absolute atomic E-state index is 0.0307. The second-order valence-corrected chi connectivity index (χ2v) is 12.6. The van der Waals surface area contributed by atoms with Gasteiger partial charge in [0, 0.05) is 30.0 Å². The van der Waals surface area contributed by atoms with Gasteiger partial charge in [-0.05, 0) is 42.8 Å². The normalized spacial score (nSPS) is 17.1. The quantitative estimate of drug-likeness (QED) is 0.336. The highest BCUT2D eigenvalue weighted by molar-refractivity contribution is 7.81. The van der Waals surface area contributed by atoms with E-state index in [0.717, 1.165) is 0 Å². The van der Waals surface area contributed by atoms with Crippen LogP contribution in [0.2, 0.25) is 5.02 Å². The first kappa shape index (κ1) is 26.0. The molecule has 38 heavy (non-hydrogen) atoms. The minimum atomic E-state index is -2.67. The number of hydrogen-bond acceptors (Lipinski definition) is 6. The minimum Gasteiger partial charge on any atom is -0.380 e. The Bertz CT molecular complexity index is 1710. The molecule has 7 nitrogen and oxygen atoms in total. The van der Waals surface area contributed by atoms with Gasteiger partial charge in [0.2, 0.25) is 7.14 Å². The first-order chi connectivity index (χ1) is 18.2. The maximum Gasteiger partial charge on any atom is 0.372 e. The summed E-state index contributed by atoms with van der Waals surface area (Å²) < 4.78 is 52.6. The molecule has 1 atom stereocenters. The number of halogens is 3. The molecule has 0 radical (unpaired) electrons. The highest BCUT2D eigenvalue weighted by Crippen LogP contribution is 2.48. The highest BCUT2D eigenvalue weighted by Gasteiger charge is 2.38. The zero-order chi connectivity index (χ0) is 27.0. The molecule has 11 heteroatoms. The van der Waals surface area contributed by atoms with Crippen molar-refractivity contribution in [2.75, 3.05) is 30.9 Å². The third kappa shape index (κ3) is 4.81. The summed E-state index contributed by atoms with van der Waals surface area (Å²) in [5, 5.41) is 12.6. The fourth-order valence-corrected chi connectivity index (χ4v) is 6.69. The average Bonchev–Trinajstić information content (AvgIpc) is 2.92. The van der Waals surface area contributed by atoms with Gasteiger partial charge in [-0.15, -0.1) is 0 Å². The van der Waals surface area contributed by atoms with Gasteiger partial charge < -0.3 is 14.6 Å². The van der Waals surface area contributed by atoms with Crippen molar-refractivity contribution in [1.82, 2.24) is 14.6 Å². The maximum atomic E-state index is 15.2. The topological polar surface area (TPSA) is 102 Å². The van der Waals surface area contributed by atoms with E-state index in [9.17, 15) is 14.2 Å². The van der Waals surface area contributed by atoms with Crippen LogP contribution in [-0.4, -0.2) is 46.8 Å². The summed E-state index contributed by atoms with van der Waals surface area (Å²) in [5.74, 6) is 1.67. The zero-order valence-electron chi connectivity index (χ0n) is 20.6. The van der Waals surface area contributed by atoms with Gasteiger partial charge >= 0.3 is 11.3 Å². The maximum absolute atomic E-state index is 15.2. The molecule has 5 rings (SSSR count). The van der Waals surface area contributed by atoms with Crippen LogP contribution in [0, 0.1) is 29.9 Å². The van der Waals surface area contributed by atoms with Crippen LogP contribution in [0.25, 0.3) is 16.6 Å². The van der Waals surface area contributed by atoms with Crippen molar-refractivity contribution in [1.29, 1.82) is 5.26 Å². The summed E-state index contributed by atoms with van der Waals surface area (Å²) in [4.78, 5) is 8.89. The number of anilines is 1. The molecule has 1 N–H and O–H groups in total. The predicted molar refractivity (Wildman–Crippen MR) is 145 cm³/mol. The summed E-state index contributed by atoms with van der Waals surface area (Å²) in [5.41, 5.74) is 2.57. The molecule has 0 amide bonds. The summed E-state index contributed by atoms with van der Waals surface area (Å²) in [6, 6.07) is 6.74. The van der Waals surface area contributed by atoms with Gasteiger partial charge in [0.1, 0.15) is 22.6 Å². The number of nitriles is 1. The van der Waals surface area contributed by atoms with E-state index in [-0.39, 0.29) is 32.9 Å². The third-order valence-electron chi connectivity index (χ3n) is 6.53. The van der Waals surface area contributed by atoms with Crippen LogP contribution in [0.4, 0.5) is 14.5 Å². The number of nitrogens with zero attached hydrogens (tertiary/aromatic N) is 4. The lowest BCUT2D eigenvalue weighted by molar-refractivity contribution is 0.156. The molecule has 0 bridgehead atoms. The molecule has 0 spiro atoms. The molecule has 0 aliphatic carbocycles. The Morgan fingerprint density at radius 2 is 1.97 bits per heavy atom. The van der Waals surface area contributed by atoms with Gasteiger partial charge in [0.25, 0.3) is 0 Å². The first-order valence-corrected chi connectivity index (χ1v) is 14.3. The van der Waals surface area contributed by atoms with Crippen LogP contribution in [0.5, 0.6) is 0 Å². The van der Waals surface area contributed by atoms with E-state index in [2.05, 4.69) is 25.8 Å². The van der Waals surface area contributed by atoms with Crippen molar-refractivity contribution in [3.8, 4) is 6.07 Å². The Hall–Kier alpha value is -3.62. The van der Waals surface area contributed by atoms with Crippen LogP contribution in [-0.2, 0) is 9.30 Å². The largest absolute Gasteiger partial charge is 0.380 e. The lowest BCUT2D eigenvalue weighted by atomic mass is 10.0. The second kappa shape index (κ2) is 10.3. The smallest absolute Gasteiger partial charge is 0.372 e. The van der Waals surface area contributed by atoms with Crippen LogP contribution in [0.15, 0.2) is 36.4 Å². The summed E-state index contributed by atoms with van der Waals surface area (Å²) in [7, 11) is -2.67. The molecule has 4 heterocycles. The molecule has 3 aromatic rings. The van der Waals surface area contributed by atoms with E-state index in [0.29, 0.717) is 47.9 Å². The van der Waals surface area contributed by atoms with E-state index in [4.69, 9.17) is 16.3 Å². The summed E-state index contributed by atoms with van der Waals surface area (Å²) in [6.07, 6.45) is 4.03. The van der Waals surface area contributed by atoms with Crippen molar-refractivity contribution in [2.45, 2.75) is 19.9 Å². The lowest BCUT2D eigenvalue weighted by Gasteiger charge is -2.20. The molecular formula is C27H22ClF2N5O2P+. The van der Waals surface area contributed by atoms with Gasteiger partial charge in [-0.1, -0.05) is 11.6 Å². The number of aromatic nitrogens is 2. The van der Waals surface area contributed by atoms with Gasteiger partial charge in [0.05, 0.1) is 52.8 Å². The second-order valence-electron chi connectivity index (χ2n) is 9.06. The fourth-order valence-electron chi connectivity index (χ4n) is 4.40. The Balaban J connectivity index is 1.61. The molecule has 2 aliphatic heterocycles. The number of benzene rings is 1. The van der Waals surface area contributed by atoms with Gasteiger partial charge in [-0.2, -0.15) is 5.26 Å². The Kier molecular flexibility index (Phi) is 7.03. The lowest BCUT2D eigenvalue weighted by Crippen LogP contribution is -2.21. The molecule has 1 fully saturated rings. The van der Waals surface area contributed by atoms with E-state index in [1.54, 1.807) is 26.0 Å². The Labute approximate surface area is 222 Å². The van der Waals surface area contributed by atoms with Crippen molar-refractivity contribution >= 4 is 52.4 Å². The number of ether oxygens (including phenoxy) is 1. The monoisotopic (exact) mass is 552 g/mol. The number of fused-ring (bicyclic) bond motifs is 1. The van der Waals surface area contributed by atoms with Gasteiger partial charge in [-0.25, -0.2) is 18.7 Å². The van der Waals surface area contributed by atoms with Gasteiger partial charge in [-0.3, -0.25) is 0 Å². The van der Waals surface area contributed by atoms with E-state index in [1.807, 2.05) is 6.07 Å². The number of nitrogens with one attached hydrogen (secondary N) is 1. The average molecular weight is 553 g/mol. The van der Waals surface area contributed by atoms with Crippen LogP contribution in [0.1, 0.15) is 35.5 Å². The number of aryl methyl sites for hydroxylation is 1. The van der Waals surface area contributed by atoms with Crippen LogP contribution >= 0.6 is 18.7 Å². The molecule has 1 aromatic carbocycles. The number of rotatable bonds is 5. The van der Waals surface area contributed by atoms with Crippen molar-refractivity contribution in [2.24, 2.45) is 0 Å². The van der Waals surface area contributed by atoms with Crippen LogP contribution < -0.4 is 9.98 Å². The molecule has 2 aromatic heterocycles. The zero-order valence-corrected chi connectivity index (χ0v) is 22.2. The molecule has 0 saturated carbocycles. The van der Waals surface area contributed by atoms with Crippen molar-refractivity contribution in [3.05, 3.63) is 75.6 Å². The molecule has 1 saturated heterocycles. The third-order valence-corrected chi connectivity index (χ3v) is 9.88.